The summed E-state index contributed by atoms with van der Waals surface area (Å²) in [4.78, 5) is 29.6. The number of aromatic nitrogens is 1. The molecule has 0 saturated heterocycles. The van der Waals surface area contributed by atoms with Crippen LogP contribution in [0.1, 0.15) is 50.4 Å². The zero-order valence-corrected chi connectivity index (χ0v) is 17.0. The van der Waals surface area contributed by atoms with E-state index in [-0.39, 0.29) is 5.78 Å². The highest BCUT2D eigenvalue weighted by atomic mass is 16.5. The maximum Gasteiger partial charge on any atom is 0.339 e. The first-order valence-corrected chi connectivity index (χ1v) is 10.0. The highest BCUT2D eigenvalue weighted by Gasteiger charge is 2.28. The number of fused-ring (bicyclic) bond motifs is 1. The summed E-state index contributed by atoms with van der Waals surface area (Å²) in [7, 11) is 0. The number of H-pyrrole nitrogens is 1. The summed E-state index contributed by atoms with van der Waals surface area (Å²) in [6.45, 7) is 3.99. The monoisotopic (exact) mass is 397 g/mol. The molecule has 0 spiro atoms. The molecule has 0 saturated carbocycles. The zero-order chi connectivity index (χ0) is 21.1. The number of carbonyl (C=O) groups excluding carboxylic acids is 2. The summed E-state index contributed by atoms with van der Waals surface area (Å²) < 4.78 is 5.77. The highest BCUT2D eigenvalue weighted by Crippen LogP contribution is 2.29. The molecule has 0 unspecified atom stereocenters. The predicted molar refractivity (Wildman–Crippen MR) is 118 cm³/mol. The van der Waals surface area contributed by atoms with Gasteiger partial charge in [0, 0.05) is 28.2 Å². The molecule has 0 radical (unpaired) electrons. The Hall–Kier alpha value is -3.66. The quantitative estimate of drug-likeness (QED) is 0.329. The lowest BCUT2D eigenvalue weighted by atomic mass is 9.98. The molecule has 1 N–H and O–H groups in total. The van der Waals surface area contributed by atoms with Gasteiger partial charge in [-0.05, 0) is 31.0 Å². The van der Waals surface area contributed by atoms with Crippen molar-refractivity contribution >= 4 is 22.7 Å². The maximum atomic E-state index is 13.6. The Balaban J connectivity index is 1.73. The van der Waals surface area contributed by atoms with Crippen LogP contribution in [0.5, 0.6) is 0 Å². The van der Waals surface area contributed by atoms with E-state index in [0.29, 0.717) is 16.7 Å². The van der Waals surface area contributed by atoms with Gasteiger partial charge < -0.3 is 9.72 Å². The largest absolute Gasteiger partial charge is 0.445 e. The van der Waals surface area contributed by atoms with E-state index < -0.39 is 12.1 Å². The minimum absolute atomic E-state index is 0.248. The summed E-state index contributed by atoms with van der Waals surface area (Å²) in [6.07, 6.45) is 1.54. The Morgan fingerprint density at radius 2 is 1.73 bits per heavy atom. The van der Waals surface area contributed by atoms with Gasteiger partial charge >= 0.3 is 5.97 Å². The van der Waals surface area contributed by atoms with E-state index in [1.165, 1.54) is 0 Å². The molecule has 0 aliphatic heterocycles. The lowest BCUT2D eigenvalue weighted by Crippen LogP contribution is -2.20. The first kappa shape index (κ1) is 19.6. The molecule has 1 aromatic heterocycles. The molecule has 150 valence electrons. The van der Waals surface area contributed by atoms with E-state index in [9.17, 15) is 9.59 Å². The standard InChI is InChI=1S/C26H23NO3/c1-3-18-12-8-14-21-22(16-27-23(18)21)24(28)25(19-10-5-4-6-11-19)30-26(29)20-13-7-9-17(2)15-20/h4-16,25,27H,3H2,1-2H3/t25-/m1/s1. The number of hydrogen-bond acceptors (Lipinski definition) is 3. The van der Waals surface area contributed by atoms with Crippen molar-refractivity contribution in [2.45, 2.75) is 26.4 Å². The summed E-state index contributed by atoms with van der Waals surface area (Å²) in [5.41, 5.74) is 4.63. The van der Waals surface area contributed by atoms with Crippen LogP contribution in [0.3, 0.4) is 0 Å². The number of nitrogens with one attached hydrogen (secondary N) is 1. The fourth-order valence-electron chi connectivity index (χ4n) is 3.70. The van der Waals surface area contributed by atoms with Crippen molar-refractivity contribution in [3.8, 4) is 0 Å². The number of aryl methyl sites for hydroxylation is 2. The second kappa shape index (κ2) is 8.37. The van der Waals surface area contributed by atoms with Crippen LogP contribution >= 0.6 is 0 Å². The third-order valence-corrected chi connectivity index (χ3v) is 5.27. The smallest absolute Gasteiger partial charge is 0.339 e. The molecule has 3 aromatic carbocycles. The Bertz CT molecular complexity index is 1210. The molecule has 0 amide bonds. The molecule has 0 bridgehead atoms. The van der Waals surface area contributed by atoms with Gasteiger partial charge in [-0.25, -0.2) is 4.79 Å². The molecule has 0 aliphatic carbocycles. The molecular formula is C26H23NO3. The number of carbonyl (C=O) groups is 2. The predicted octanol–water partition coefficient (Wildman–Crippen LogP) is 5.82. The van der Waals surface area contributed by atoms with E-state index in [1.807, 2.05) is 49.4 Å². The van der Waals surface area contributed by atoms with Crippen LogP contribution in [-0.2, 0) is 11.2 Å². The Labute approximate surface area is 175 Å². The minimum Gasteiger partial charge on any atom is -0.445 e. The lowest BCUT2D eigenvalue weighted by molar-refractivity contribution is 0.0280. The number of para-hydroxylation sites is 1. The molecule has 0 aliphatic rings. The van der Waals surface area contributed by atoms with E-state index in [4.69, 9.17) is 4.74 Å². The van der Waals surface area contributed by atoms with Crippen molar-refractivity contribution in [1.82, 2.24) is 4.98 Å². The molecule has 4 heteroatoms. The van der Waals surface area contributed by atoms with Gasteiger partial charge in [0.25, 0.3) is 0 Å². The lowest BCUT2D eigenvalue weighted by Gasteiger charge is -2.17. The summed E-state index contributed by atoms with van der Waals surface area (Å²) in [5, 5.41) is 0.840. The van der Waals surface area contributed by atoms with Crippen LogP contribution < -0.4 is 0 Å². The van der Waals surface area contributed by atoms with Gasteiger partial charge in [-0.15, -0.1) is 0 Å². The third-order valence-electron chi connectivity index (χ3n) is 5.27. The summed E-state index contributed by atoms with van der Waals surface area (Å²) in [6, 6.07) is 22.2. The van der Waals surface area contributed by atoms with Gasteiger partial charge in [0.1, 0.15) is 0 Å². The number of rotatable bonds is 6. The van der Waals surface area contributed by atoms with Crippen LogP contribution in [0, 0.1) is 6.92 Å². The summed E-state index contributed by atoms with van der Waals surface area (Å²) >= 11 is 0. The number of esters is 1. The third kappa shape index (κ3) is 3.77. The van der Waals surface area contributed by atoms with E-state index in [2.05, 4.69) is 11.9 Å². The van der Waals surface area contributed by atoms with E-state index >= 15 is 0 Å². The number of ketones is 1. The average molecular weight is 397 g/mol. The van der Waals surface area contributed by atoms with Gasteiger partial charge in [-0.1, -0.05) is 73.2 Å². The molecule has 4 nitrogen and oxygen atoms in total. The Kier molecular flexibility index (Phi) is 5.48. The minimum atomic E-state index is -1.02. The number of aromatic amines is 1. The van der Waals surface area contributed by atoms with Gasteiger partial charge in [0.2, 0.25) is 5.78 Å². The van der Waals surface area contributed by atoms with Crippen molar-refractivity contribution in [1.29, 1.82) is 0 Å². The van der Waals surface area contributed by atoms with Crippen molar-refractivity contribution in [2.75, 3.05) is 0 Å². The molecular weight excluding hydrogens is 374 g/mol. The van der Waals surface area contributed by atoms with Gasteiger partial charge in [-0.2, -0.15) is 0 Å². The van der Waals surface area contributed by atoms with E-state index in [1.54, 1.807) is 36.5 Å². The molecule has 30 heavy (non-hydrogen) atoms. The van der Waals surface area contributed by atoms with Crippen molar-refractivity contribution in [2.24, 2.45) is 0 Å². The van der Waals surface area contributed by atoms with Crippen LogP contribution in [0.25, 0.3) is 10.9 Å². The molecule has 4 aromatic rings. The van der Waals surface area contributed by atoms with Crippen molar-refractivity contribution < 1.29 is 14.3 Å². The normalized spacial score (nSPS) is 11.9. The topological polar surface area (TPSA) is 59.2 Å². The maximum absolute atomic E-state index is 13.6. The van der Waals surface area contributed by atoms with Gasteiger partial charge in [0.05, 0.1) is 5.56 Å². The Morgan fingerprint density at radius 3 is 2.47 bits per heavy atom. The van der Waals surface area contributed by atoms with Crippen LogP contribution in [0.15, 0.2) is 79.0 Å². The fourth-order valence-corrected chi connectivity index (χ4v) is 3.70. The van der Waals surface area contributed by atoms with Gasteiger partial charge in [-0.3, -0.25) is 4.79 Å². The number of hydrogen-bond donors (Lipinski definition) is 1. The van der Waals surface area contributed by atoms with Crippen molar-refractivity contribution in [3.63, 3.8) is 0 Å². The molecule has 1 heterocycles. The number of ether oxygens (including phenoxy) is 1. The summed E-state index contributed by atoms with van der Waals surface area (Å²) in [5.74, 6) is -0.767. The average Bonchev–Trinajstić information content (AvgIpc) is 3.22. The Morgan fingerprint density at radius 1 is 0.967 bits per heavy atom. The first-order chi connectivity index (χ1) is 14.6. The molecule has 0 fully saturated rings. The van der Waals surface area contributed by atoms with Gasteiger partial charge in [0.15, 0.2) is 6.10 Å². The number of Topliss-reactive ketones (excluding diaryl/α,β-unsaturated/α-hetero) is 1. The van der Waals surface area contributed by atoms with Crippen LogP contribution in [0.2, 0.25) is 0 Å². The van der Waals surface area contributed by atoms with Crippen LogP contribution in [0.4, 0.5) is 0 Å². The second-order valence-corrected chi connectivity index (χ2v) is 7.33. The van der Waals surface area contributed by atoms with Crippen molar-refractivity contribution in [3.05, 3.63) is 107 Å². The zero-order valence-electron chi connectivity index (χ0n) is 17.0. The van der Waals surface area contributed by atoms with E-state index in [0.717, 1.165) is 28.5 Å². The van der Waals surface area contributed by atoms with Crippen LogP contribution in [-0.4, -0.2) is 16.7 Å². The molecule has 1 atom stereocenters. The molecule has 4 rings (SSSR count). The first-order valence-electron chi connectivity index (χ1n) is 10.0. The fraction of sp³-hybridized carbons (Fsp3) is 0.154. The number of benzene rings is 3. The SMILES string of the molecule is CCc1cccc2c(C(=O)[C@H](OC(=O)c3cccc(C)c3)c3ccccc3)c[nH]c12. The highest BCUT2D eigenvalue weighted by molar-refractivity contribution is 6.11. The second-order valence-electron chi connectivity index (χ2n) is 7.33.